The molecule has 1 N–H and O–H groups in total. The van der Waals surface area contributed by atoms with E-state index in [0.717, 1.165) is 11.3 Å². The van der Waals surface area contributed by atoms with E-state index in [1.54, 1.807) is 21.3 Å². The molecule has 4 heteroatoms. The second-order valence-corrected chi connectivity index (χ2v) is 4.71. The Morgan fingerprint density at radius 3 is 2.05 bits per heavy atom. The number of rotatable bonds is 6. The van der Waals surface area contributed by atoms with Crippen molar-refractivity contribution in [2.75, 3.05) is 26.6 Å². The molecule has 2 aromatic rings. The third-order valence-corrected chi connectivity index (χ3v) is 3.32. The Kier molecular flexibility index (Phi) is 4.93. The van der Waals surface area contributed by atoms with E-state index >= 15 is 0 Å². The van der Waals surface area contributed by atoms with Crippen LogP contribution in [-0.4, -0.2) is 21.3 Å². The summed E-state index contributed by atoms with van der Waals surface area (Å²) in [6.07, 6.45) is 0. The van der Waals surface area contributed by atoms with Gasteiger partial charge in [-0.05, 0) is 31.2 Å². The summed E-state index contributed by atoms with van der Waals surface area (Å²) in [5.74, 6) is 1.97. The second-order valence-electron chi connectivity index (χ2n) is 4.71. The van der Waals surface area contributed by atoms with Gasteiger partial charge in [0.1, 0.15) is 0 Å². The van der Waals surface area contributed by atoms with Crippen LogP contribution in [-0.2, 0) is 6.54 Å². The first-order valence-electron chi connectivity index (χ1n) is 6.78. The smallest absolute Gasteiger partial charge is 0.203 e. The summed E-state index contributed by atoms with van der Waals surface area (Å²) in [6.45, 7) is 2.72. The van der Waals surface area contributed by atoms with Crippen LogP contribution in [0.4, 0.5) is 5.69 Å². The van der Waals surface area contributed by atoms with Crippen LogP contribution >= 0.6 is 0 Å². The standard InChI is InChI=1S/C17H21NO3/c1-12-5-8-14(9-6-12)18-11-13-7-10-15(19-2)17(21-4)16(13)20-3/h5-10,18H,11H2,1-4H3. The van der Waals surface area contributed by atoms with E-state index in [9.17, 15) is 0 Å². The number of anilines is 1. The fourth-order valence-electron chi connectivity index (χ4n) is 2.17. The lowest BCUT2D eigenvalue weighted by atomic mass is 10.1. The molecular formula is C17H21NO3. The summed E-state index contributed by atoms with van der Waals surface area (Å²) >= 11 is 0. The van der Waals surface area contributed by atoms with Gasteiger partial charge < -0.3 is 19.5 Å². The number of benzene rings is 2. The molecule has 0 aliphatic heterocycles. The lowest BCUT2D eigenvalue weighted by molar-refractivity contribution is 0.322. The number of ether oxygens (including phenoxy) is 3. The maximum Gasteiger partial charge on any atom is 0.203 e. The second kappa shape index (κ2) is 6.88. The largest absolute Gasteiger partial charge is 0.493 e. The van der Waals surface area contributed by atoms with Gasteiger partial charge in [0, 0.05) is 17.8 Å². The number of methoxy groups -OCH3 is 3. The quantitative estimate of drug-likeness (QED) is 0.880. The van der Waals surface area contributed by atoms with Gasteiger partial charge in [-0.25, -0.2) is 0 Å². The summed E-state index contributed by atoms with van der Waals surface area (Å²) in [4.78, 5) is 0. The Morgan fingerprint density at radius 1 is 0.810 bits per heavy atom. The van der Waals surface area contributed by atoms with E-state index in [1.807, 2.05) is 12.1 Å². The first-order chi connectivity index (χ1) is 10.2. The predicted molar refractivity (Wildman–Crippen MR) is 84.6 cm³/mol. The maximum atomic E-state index is 5.47. The van der Waals surface area contributed by atoms with E-state index in [4.69, 9.17) is 14.2 Å². The first kappa shape index (κ1) is 15.0. The van der Waals surface area contributed by atoms with Gasteiger partial charge in [0.25, 0.3) is 0 Å². The molecule has 0 unspecified atom stereocenters. The molecular weight excluding hydrogens is 266 g/mol. The van der Waals surface area contributed by atoms with Crippen molar-refractivity contribution < 1.29 is 14.2 Å². The highest BCUT2D eigenvalue weighted by Gasteiger charge is 2.15. The zero-order chi connectivity index (χ0) is 15.2. The van der Waals surface area contributed by atoms with Gasteiger partial charge in [-0.2, -0.15) is 0 Å². The Hall–Kier alpha value is -2.36. The SMILES string of the molecule is COc1ccc(CNc2ccc(C)cc2)c(OC)c1OC. The zero-order valence-corrected chi connectivity index (χ0v) is 12.9. The average Bonchev–Trinajstić information content (AvgIpc) is 2.53. The molecule has 21 heavy (non-hydrogen) atoms. The van der Waals surface area contributed by atoms with Crippen LogP contribution < -0.4 is 19.5 Å². The van der Waals surface area contributed by atoms with Gasteiger partial charge in [-0.1, -0.05) is 17.7 Å². The van der Waals surface area contributed by atoms with E-state index in [2.05, 4.69) is 36.5 Å². The van der Waals surface area contributed by atoms with E-state index in [-0.39, 0.29) is 0 Å². The number of aryl methyl sites for hydroxylation is 1. The number of hydrogen-bond acceptors (Lipinski definition) is 4. The van der Waals surface area contributed by atoms with Crippen LogP contribution in [0.15, 0.2) is 36.4 Å². The monoisotopic (exact) mass is 287 g/mol. The van der Waals surface area contributed by atoms with Crippen LogP contribution in [0.25, 0.3) is 0 Å². The third kappa shape index (κ3) is 3.40. The molecule has 2 aromatic carbocycles. The highest BCUT2D eigenvalue weighted by molar-refractivity contribution is 5.57. The van der Waals surface area contributed by atoms with Gasteiger partial charge >= 0.3 is 0 Å². The summed E-state index contributed by atoms with van der Waals surface area (Å²) in [5, 5.41) is 3.38. The van der Waals surface area contributed by atoms with E-state index < -0.39 is 0 Å². The Balaban J connectivity index is 2.21. The van der Waals surface area contributed by atoms with E-state index in [1.165, 1.54) is 5.56 Å². The molecule has 0 aliphatic rings. The molecule has 0 amide bonds. The van der Waals surface area contributed by atoms with Gasteiger partial charge in [-0.15, -0.1) is 0 Å². The summed E-state index contributed by atoms with van der Waals surface area (Å²) in [7, 11) is 4.85. The normalized spacial score (nSPS) is 10.1. The van der Waals surface area contributed by atoms with Crippen LogP contribution in [0.3, 0.4) is 0 Å². The van der Waals surface area contributed by atoms with Crippen molar-refractivity contribution in [2.24, 2.45) is 0 Å². The van der Waals surface area contributed by atoms with Crippen molar-refractivity contribution in [3.63, 3.8) is 0 Å². The zero-order valence-electron chi connectivity index (χ0n) is 12.9. The lowest BCUT2D eigenvalue weighted by Gasteiger charge is -2.16. The maximum absolute atomic E-state index is 5.47. The fourth-order valence-corrected chi connectivity index (χ4v) is 2.17. The number of nitrogens with one attached hydrogen (secondary N) is 1. The molecule has 0 heterocycles. The highest BCUT2D eigenvalue weighted by atomic mass is 16.5. The van der Waals surface area contributed by atoms with Crippen LogP contribution in [0.2, 0.25) is 0 Å². The summed E-state index contributed by atoms with van der Waals surface area (Å²) in [6, 6.07) is 12.1. The molecule has 0 radical (unpaired) electrons. The van der Waals surface area contributed by atoms with Crippen LogP contribution in [0, 0.1) is 6.92 Å². The molecule has 0 fully saturated rings. The Labute approximate surface area is 125 Å². The minimum Gasteiger partial charge on any atom is -0.493 e. The minimum absolute atomic E-state index is 0.614. The van der Waals surface area contributed by atoms with Crippen molar-refractivity contribution in [2.45, 2.75) is 13.5 Å². The van der Waals surface area contributed by atoms with Crippen molar-refractivity contribution in [3.8, 4) is 17.2 Å². The molecule has 4 nitrogen and oxygen atoms in total. The van der Waals surface area contributed by atoms with Crippen molar-refractivity contribution in [1.82, 2.24) is 0 Å². The Morgan fingerprint density at radius 2 is 1.48 bits per heavy atom. The van der Waals surface area contributed by atoms with Crippen molar-refractivity contribution >= 4 is 5.69 Å². The van der Waals surface area contributed by atoms with E-state index in [0.29, 0.717) is 23.8 Å². The molecule has 0 saturated carbocycles. The fraction of sp³-hybridized carbons (Fsp3) is 0.294. The summed E-state index contributed by atoms with van der Waals surface area (Å²) in [5.41, 5.74) is 3.32. The molecule has 0 aromatic heterocycles. The van der Waals surface area contributed by atoms with Gasteiger partial charge in [0.2, 0.25) is 5.75 Å². The van der Waals surface area contributed by atoms with Crippen molar-refractivity contribution in [1.29, 1.82) is 0 Å². The number of hydrogen-bond donors (Lipinski definition) is 1. The van der Waals surface area contributed by atoms with Gasteiger partial charge in [-0.3, -0.25) is 0 Å². The molecule has 112 valence electrons. The van der Waals surface area contributed by atoms with Crippen molar-refractivity contribution in [3.05, 3.63) is 47.5 Å². The molecule has 0 bridgehead atoms. The summed E-state index contributed by atoms with van der Waals surface area (Å²) < 4.78 is 16.1. The third-order valence-electron chi connectivity index (χ3n) is 3.32. The average molecular weight is 287 g/mol. The molecule has 0 atom stereocenters. The van der Waals surface area contributed by atoms with Gasteiger partial charge in [0.05, 0.1) is 21.3 Å². The van der Waals surface area contributed by atoms with Crippen LogP contribution in [0.5, 0.6) is 17.2 Å². The topological polar surface area (TPSA) is 39.7 Å². The molecule has 0 saturated heterocycles. The molecule has 0 aliphatic carbocycles. The molecule has 2 rings (SSSR count). The van der Waals surface area contributed by atoms with Gasteiger partial charge in [0.15, 0.2) is 11.5 Å². The predicted octanol–water partition coefficient (Wildman–Crippen LogP) is 3.63. The lowest BCUT2D eigenvalue weighted by Crippen LogP contribution is -2.04. The Bertz CT molecular complexity index is 594. The van der Waals surface area contributed by atoms with Crippen LogP contribution in [0.1, 0.15) is 11.1 Å². The first-order valence-corrected chi connectivity index (χ1v) is 6.78. The molecule has 0 spiro atoms. The highest BCUT2D eigenvalue weighted by Crippen LogP contribution is 2.39. The minimum atomic E-state index is 0.614.